The van der Waals surface area contributed by atoms with E-state index in [0.29, 0.717) is 57.1 Å². The van der Waals surface area contributed by atoms with Gasteiger partial charge in [-0.3, -0.25) is 24.3 Å². The minimum absolute atomic E-state index is 0.000794. The number of imide groups is 1. The van der Waals surface area contributed by atoms with Crippen molar-refractivity contribution in [1.82, 2.24) is 24.8 Å². The van der Waals surface area contributed by atoms with Crippen LogP contribution < -0.4 is 0 Å². The van der Waals surface area contributed by atoms with Crippen LogP contribution >= 0.6 is 0 Å². The number of halogens is 6. The van der Waals surface area contributed by atoms with Gasteiger partial charge in [-0.25, -0.2) is 4.98 Å². The molecule has 3 aromatic heterocycles. The van der Waals surface area contributed by atoms with Gasteiger partial charge in [0, 0.05) is 46.1 Å². The molecule has 7 rings (SSSR count). The van der Waals surface area contributed by atoms with E-state index in [1.54, 1.807) is 19.1 Å². The molecule has 6 heterocycles. The van der Waals surface area contributed by atoms with Gasteiger partial charge >= 0.3 is 18.3 Å². The minimum atomic E-state index is -5.16. The van der Waals surface area contributed by atoms with Crippen LogP contribution in [0.1, 0.15) is 129 Å². The third kappa shape index (κ3) is 6.79. The number of carbonyl (C=O) groups excluding carboxylic acids is 3. The van der Waals surface area contributed by atoms with Crippen molar-refractivity contribution in [3.05, 3.63) is 110 Å². The lowest BCUT2D eigenvalue weighted by molar-refractivity contribution is -0.143. The predicted octanol–water partition coefficient (Wildman–Crippen LogP) is 10.6. The Hall–Kier alpha value is -5.99. The number of fused-ring (bicyclic) bond motifs is 8. The van der Waals surface area contributed by atoms with Crippen LogP contribution in [0, 0.1) is 13.8 Å². The molecule has 2 amide bonds. The molecule has 15 heteroatoms. The van der Waals surface area contributed by atoms with Crippen molar-refractivity contribution in [2.75, 3.05) is 7.11 Å². The summed E-state index contributed by atoms with van der Waals surface area (Å²) in [4.78, 5) is 59.2. The predicted molar refractivity (Wildman–Crippen MR) is 206 cm³/mol. The molecule has 1 aromatic carbocycles. The van der Waals surface area contributed by atoms with E-state index in [1.807, 2.05) is 39.8 Å². The van der Waals surface area contributed by atoms with E-state index in [1.165, 1.54) is 7.11 Å². The first kappa shape index (κ1) is 40.2. The molecule has 0 radical (unpaired) electrons. The SMILES string of the molecule is C=Cc1c(C)c2cc3nc(c4c5[nH]c(cc6nc(cc1[nH]2)C(C)=C6CC)c(C)c5C(=O)N(Cc1cc(C(F)(F)F)cc(C(F)(F)F)c1)C4=O)[C@@H](CCC(=O)OC)[C@@H]3C. The number of allylic oxidation sites excluding steroid dienone is 2. The molecule has 2 atom stereocenters. The summed E-state index contributed by atoms with van der Waals surface area (Å²) in [6.07, 6.45) is -7.88. The largest absolute Gasteiger partial charge is 0.469 e. The Balaban J connectivity index is 1.58. The van der Waals surface area contributed by atoms with Crippen LogP contribution in [0.2, 0.25) is 0 Å². The number of amides is 2. The van der Waals surface area contributed by atoms with Gasteiger partial charge in [0.25, 0.3) is 11.8 Å². The Kier molecular flexibility index (Phi) is 10.0. The molecule has 302 valence electrons. The number of carbonyl (C=O) groups is 3. The van der Waals surface area contributed by atoms with Gasteiger partial charge in [-0.2, -0.15) is 26.3 Å². The number of alkyl halides is 6. The molecule has 3 aliphatic rings. The number of benzene rings is 1. The van der Waals surface area contributed by atoms with Gasteiger partial charge in [0.15, 0.2) is 0 Å². The van der Waals surface area contributed by atoms with Gasteiger partial charge in [-0.1, -0.05) is 26.5 Å². The molecule has 3 aliphatic heterocycles. The zero-order chi connectivity index (χ0) is 42.2. The van der Waals surface area contributed by atoms with E-state index >= 15 is 0 Å². The molecule has 58 heavy (non-hydrogen) atoms. The molecular formula is C43H39F6N5O4. The van der Waals surface area contributed by atoms with Gasteiger partial charge in [0.05, 0.1) is 58.5 Å². The molecule has 9 nitrogen and oxygen atoms in total. The molecule has 0 aliphatic carbocycles. The molecule has 0 spiro atoms. The second kappa shape index (κ2) is 14.4. The number of hydrogen-bond donors (Lipinski definition) is 2. The quantitative estimate of drug-likeness (QED) is 0.109. The van der Waals surface area contributed by atoms with Crippen LogP contribution in [-0.4, -0.2) is 49.7 Å². The van der Waals surface area contributed by atoms with Crippen molar-refractivity contribution in [1.29, 1.82) is 0 Å². The first-order valence-corrected chi connectivity index (χ1v) is 18.6. The lowest BCUT2D eigenvalue weighted by Gasteiger charge is -2.27. The molecule has 0 saturated heterocycles. The number of aryl methyl sites for hydroxylation is 2. The van der Waals surface area contributed by atoms with Crippen LogP contribution in [0.3, 0.4) is 0 Å². The molecule has 0 saturated carbocycles. The maximum atomic E-state index is 14.9. The number of ether oxygens (including phenoxy) is 1. The number of H-pyrrole nitrogens is 2. The fourth-order valence-corrected chi connectivity index (χ4v) is 8.22. The van der Waals surface area contributed by atoms with Crippen LogP contribution in [0.4, 0.5) is 26.3 Å². The number of rotatable bonds is 7. The summed E-state index contributed by atoms with van der Waals surface area (Å²) in [5.41, 5.74) is 4.05. The van der Waals surface area contributed by atoms with Crippen molar-refractivity contribution in [2.45, 2.75) is 84.6 Å². The second-order valence-electron chi connectivity index (χ2n) is 14.8. The highest BCUT2D eigenvalue weighted by atomic mass is 19.4. The van der Waals surface area contributed by atoms with Crippen molar-refractivity contribution in [2.24, 2.45) is 0 Å². The van der Waals surface area contributed by atoms with Gasteiger partial charge in [0.2, 0.25) is 0 Å². The van der Waals surface area contributed by atoms with Crippen LogP contribution in [-0.2, 0) is 28.4 Å². The first-order valence-electron chi connectivity index (χ1n) is 18.6. The maximum Gasteiger partial charge on any atom is 0.416 e. The summed E-state index contributed by atoms with van der Waals surface area (Å²) in [5.74, 6) is -3.44. The maximum absolute atomic E-state index is 14.9. The number of esters is 1. The van der Waals surface area contributed by atoms with Gasteiger partial charge in [-0.15, -0.1) is 0 Å². The van der Waals surface area contributed by atoms with Crippen molar-refractivity contribution in [3.8, 4) is 0 Å². The summed E-state index contributed by atoms with van der Waals surface area (Å²) in [5, 5.41) is 0. The van der Waals surface area contributed by atoms with Crippen LogP contribution in [0.5, 0.6) is 0 Å². The lowest BCUT2D eigenvalue weighted by Crippen LogP contribution is -2.40. The lowest BCUT2D eigenvalue weighted by atomic mass is 9.84. The number of hydrogen-bond acceptors (Lipinski definition) is 6. The number of aromatic nitrogens is 4. The zero-order valence-electron chi connectivity index (χ0n) is 32.5. The number of nitrogens with one attached hydrogen (secondary N) is 2. The highest BCUT2D eigenvalue weighted by Gasteiger charge is 2.42. The van der Waals surface area contributed by atoms with Crippen LogP contribution in [0.25, 0.3) is 39.3 Å². The molecule has 4 aromatic rings. The highest BCUT2D eigenvalue weighted by Crippen LogP contribution is 2.45. The molecule has 0 fully saturated rings. The summed E-state index contributed by atoms with van der Waals surface area (Å²) in [7, 11) is 1.25. The zero-order valence-corrected chi connectivity index (χ0v) is 32.5. The molecular weight excluding hydrogens is 764 g/mol. The van der Waals surface area contributed by atoms with Crippen LogP contribution in [0.15, 0.2) is 43.0 Å². The standard InChI is InChI=1S/C43H39F6N5O4/c1-8-26-19(3)29-15-31-21(5)28(10-11-35(55)58-7)38(52-31)37-39-36(22(6)32(53-39)17-34-27(9-2)20(4)30(51-34)16-33(26)50-29)40(56)54(41(37)57)18-23-12-24(42(44,45)46)14-25(13-23)43(47,48)49/h8,12-17,21,28,50,53H,1,9-11,18H2,2-7H3/t21-,28-/m0/s1. The van der Waals surface area contributed by atoms with E-state index < -0.39 is 65.2 Å². The third-order valence-corrected chi connectivity index (χ3v) is 11.4. The average Bonchev–Trinajstić information content (AvgIpc) is 3.84. The summed E-state index contributed by atoms with van der Waals surface area (Å²) in [6.45, 7) is 12.5. The van der Waals surface area contributed by atoms with E-state index in [2.05, 4.69) is 16.5 Å². The Morgan fingerprint density at radius 1 is 0.862 bits per heavy atom. The normalized spacial score (nSPS) is 17.0. The Labute approximate surface area is 328 Å². The topological polar surface area (TPSA) is 121 Å². The van der Waals surface area contributed by atoms with Gasteiger partial charge in [0.1, 0.15) is 0 Å². The van der Waals surface area contributed by atoms with Crippen molar-refractivity contribution in [3.63, 3.8) is 0 Å². The molecule has 2 N–H and O–H groups in total. The smallest absolute Gasteiger partial charge is 0.416 e. The van der Waals surface area contributed by atoms with Gasteiger partial charge < -0.3 is 14.7 Å². The Morgan fingerprint density at radius 3 is 2.09 bits per heavy atom. The molecule has 0 unspecified atom stereocenters. The Bertz CT molecular complexity index is 2620. The van der Waals surface area contributed by atoms with E-state index in [9.17, 15) is 40.7 Å². The molecule has 8 bridgehead atoms. The third-order valence-electron chi connectivity index (χ3n) is 11.4. The minimum Gasteiger partial charge on any atom is -0.469 e. The van der Waals surface area contributed by atoms with E-state index in [4.69, 9.17) is 14.7 Å². The fourth-order valence-electron chi connectivity index (χ4n) is 8.22. The van der Waals surface area contributed by atoms with E-state index in [0.717, 1.165) is 27.8 Å². The van der Waals surface area contributed by atoms with Crippen molar-refractivity contribution < 1.29 is 45.5 Å². The van der Waals surface area contributed by atoms with Crippen molar-refractivity contribution >= 4 is 57.1 Å². The Morgan fingerprint density at radius 2 is 1.48 bits per heavy atom. The van der Waals surface area contributed by atoms with E-state index in [-0.39, 0.29) is 41.2 Å². The number of methoxy groups -OCH3 is 1. The number of aromatic amines is 2. The summed E-state index contributed by atoms with van der Waals surface area (Å²) in [6, 6.07) is 6.51. The monoisotopic (exact) mass is 803 g/mol. The summed E-state index contributed by atoms with van der Waals surface area (Å²) < 4.78 is 88.5. The first-order chi connectivity index (χ1) is 27.3. The fraction of sp³-hybridized carbons (Fsp3) is 0.326. The average molecular weight is 804 g/mol. The van der Waals surface area contributed by atoms with Gasteiger partial charge in [-0.05, 0) is 97.8 Å². The second-order valence-corrected chi connectivity index (χ2v) is 14.8. The highest BCUT2D eigenvalue weighted by molar-refractivity contribution is 6.23. The number of nitrogens with zero attached hydrogens (tertiary/aromatic N) is 3. The summed E-state index contributed by atoms with van der Waals surface area (Å²) >= 11 is 0.